The van der Waals surface area contributed by atoms with Crippen molar-refractivity contribution >= 4 is 12.0 Å². The van der Waals surface area contributed by atoms with Gasteiger partial charge in [0.1, 0.15) is 0 Å². The number of carbonyl (C=O) groups is 1. The monoisotopic (exact) mass is 240 g/mol. The lowest BCUT2D eigenvalue weighted by Gasteiger charge is -2.09. The van der Waals surface area contributed by atoms with E-state index in [-0.39, 0.29) is 11.9 Å². The lowest BCUT2D eigenvalue weighted by atomic mass is 9.99. The van der Waals surface area contributed by atoms with Gasteiger partial charge in [0.15, 0.2) is 0 Å². The molecule has 2 nitrogen and oxygen atoms in total. The van der Waals surface area contributed by atoms with Crippen molar-refractivity contribution in [2.45, 2.75) is 6.92 Å². The maximum atomic E-state index is 12.0. The molecular weight excluding hydrogens is 224 g/mol. The van der Waals surface area contributed by atoms with E-state index in [1.165, 1.54) is 0 Å². The SMILES string of the molecule is C=C(C)[C@@H]1[C@H]2COC(=O)[C@@]21/C=C/c1ccccc1. The van der Waals surface area contributed by atoms with Gasteiger partial charge in [-0.1, -0.05) is 54.6 Å². The van der Waals surface area contributed by atoms with Gasteiger partial charge < -0.3 is 4.74 Å². The molecule has 0 aromatic heterocycles. The minimum absolute atomic E-state index is 0.0901. The van der Waals surface area contributed by atoms with E-state index < -0.39 is 5.41 Å². The number of benzene rings is 1. The molecule has 1 aromatic carbocycles. The maximum Gasteiger partial charge on any atom is 0.317 e. The van der Waals surface area contributed by atoms with Gasteiger partial charge in [-0.3, -0.25) is 4.79 Å². The van der Waals surface area contributed by atoms with Gasteiger partial charge in [0.05, 0.1) is 12.0 Å². The van der Waals surface area contributed by atoms with Crippen molar-refractivity contribution in [2.75, 3.05) is 6.61 Å². The van der Waals surface area contributed by atoms with Crippen LogP contribution >= 0.6 is 0 Å². The third-order valence-electron chi connectivity index (χ3n) is 4.05. The molecule has 1 heterocycles. The fourth-order valence-corrected chi connectivity index (χ4v) is 3.13. The third-order valence-corrected chi connectivity index (χ3v) is 4.05. The number of hydrogen-bond donors (Lipinski definition) is 0. The Morgan fingerprint density at radius 1 is 1.44 bits per heavy atom. The molecular formula is C16H16O2. The van der Waals surface area contributed by atoms with E-state index in [4.69, 9.17) is 4.74 Å². The van der Waals surface area contributed by atoms with E-state index in [1.54, 1.807) is 0 Å². The van der Waals surface area contributed by atoms with E-state index in [0.717, 1.165) is 11.1 Å². The third kappa shape index (κ3) is 1.45. The number of rotatable bonds is 3. The van der Waals surface area contributed by atoms with Gasteiger partial charge in [-0.25, -0.2) is 0 Å². The number of ether oxygens (including phenoxy) is 1. The summed E-state index contributed by atoms with van der Waals surface area (Å²) in [7, 11) is 0. The molecule has 1 aliphatic carbocycles. The van der Waals surface area contributed by atoms with Crippen molar-refractivity contribution in [3.63, 3.8) is 0 Å². The van der Waals surface area contributed by atoms with Crippen molar-refractivity contribution in [3.05, 3.63) is 54.1 Å². The first kappa shape index (κ1) is 11.3. The summed E-state index contributed by atoms with van der Waals surface area (Å²) in [5.74, 6) is 0.467. The Morgan fingerprint density at radius 3 is 2.78 bits per heavy atom. The van der Waals surface area contributed by atoms with Crippen LogP contribution in [0, 0.1) is 17.3 Å². The fraction of sp³-hybridized carbons (Fsp3) is 0.312. The molecule has 0 radical (unpaired) electrons. The molecule has 1 saturated carbocycles. The summed E-state index contributed by atoms with van der Waals surface area (Å²) in [5, 5.41) is 0. The molecule has 3 rings (SSSR count). The van der Waals surface area contributed by atoms with Crippen LogP contribution in [-0.4, -0.2) is 12.6 Å². The van der Waals surface area contributed by atoms with Gasteiger partial charge in [0.25, 0.3) is 0 Å². The Kier molecular flexibility index (Phi) is 2.40. The van der Waals surface area contributed by atoms with E-state index in [9.17, 15) is 4.79 Å². The van der Waals surface area contributed by atoms with Crippen LogP contribution in [0.2, 0.25) is 0 Å². The normalized spacial score (nSPS) is 33.3. The Morgan fingerprint density at radius 2 is 2.17 bits per heavy atom. The van der Waals surface area contributed by atoms with Crippen molar-refractivity contribution in [3.8, 4) is 0 Å². The van der Waals surface area contributed by atoms with Crippen molar-refractivity contribution in [2.24, 2.45) is 17.3 Å². The van der Waals surface area contributed by atoms with E-state index in [2.05, 4.69) is 6.58 Å². The highest BCUT2D eigenvalue weighted by Gasteiger charge is 2.73. The maximum absolute atomic E-state index is 12.0. The summed E-state index contributed by atoms with van der Waals surface area (Å²) in [6, 6.07) is 10.0. The highest BCUT2D eigenvalue weighted by atomic mass is 16.5. The van der Waals surface area contributed by atoms with Crippen LogP contribution < -0.4 is 0 Å². The molecule has 2 heteroatoms. The number of carbonyl (C=O) groups excluding carboxylic acids is 1. The molecule has 2 fully saturated rings. The Hall–Kier alpha value is -1.83. The molecule has 1 saturated heterocycles. The second kappa shape index (κ2) is 3.84. The quantitative estimate of drug-likeness (QED) is 0.599. The van der Waals surface area contributed by atoms with E-state index in [1.807, 2.05) is 49.4 Å². The van der Waals surface area contributed by atoms with Gasteiger partial charge in [-0.05, 0) is 12.5 Å². The summed E-state index contributed by atoms with van der Waals surface area (Å²) in [6.07, 6.45) is 4.03. The van der Waals surface area contributed by atoms with Crippen LogP contribution in [-0.2, 0) is 9.53 Å². The summed E-state index contributed by atoms with van der Waals surface area (Å²) in [6.45, 7) is 6.52. The minimum Gasteiger partial charge on any atom is -0.465 e. The van der Waals surface area contributed by atoms with Crippen LogP contribution in [0.1, 0.15) is 12.5 Å². The molecule has 3 atom stereocenters. The Bertz CT molecular complexity index is 529. The minimum atomic E-state index is -0.429. The highest BCUT2D eigenvalue weighted by Crippen LogP contribution is 2.66. The molecule has 0 spiro atoms. The highest BCUT2D eigenvalue weighted by molar-refractivity contribution is 5.88. The van der Waals surface area contributed by atoms with Gasteiger partial charge >= 0.3 is 5.97 Å². The summed E-state index contributed by atoms with van der Waals surface area (Å²) >= 11 is 0. The van der Waals surface area contributed by atoms with Crippen LogP contribution in [0.25, 0.3) is 6.08 Å². The molecule has 2 aliphatic rings. The predicted molar refractivity (Wildman–Crippen MR) is 70.7 cm³/mol. The zero-order valence-corrected chi connectivity index (χ0v) is 10.4. The topological polar surface area (TPSA) is 26.3 Å². The van der Waals surface area contributed by atoms with Gasteiger partial charge in [-0.15, -0.1) is 0 Å². The Labute approximate surface area is 107 Å². The summed E-state index contributed by atoms with van der Waals surface area (Å²) in [5.41, 5.74) is 1.76. The summed E-state index contributed by atoms with van der Waals surface area (Å²) < 4.78 is 5.16. The molecule has 0 N–H and O–H groups in total. The number of fused-ring (bicyclic) bond motifs is 1. The zero-order chi connectivity index (χ0) is 12.8. The lowest BCUT2D eigenvalue weighted by molar-refractivity contribution is -0.144. The van der Waals surface area contributed by atoms with Crippen LogP contribution in [0.3, 0.4) is 0 Å². The predicted octanol–water partition coefficient (Wildman–Crippen LogP) is 3.07. The second-order valence-corrected chi connectivity index (χ2v) is 5.21. The van der Waals surface area contributed by atoms with Gasteiger partial charge in [-0.2, -0.15) is 0 Å². The number of hydrogen-bond acceptors (Lipinski definition) is 2. The molecule has 0 unspecified atom stereocenters. The second-order valence-electron chi connectivity index (χ2n) is 5.21. The molecule has 1 aromatic rings. The first-order valence-corrected chi connectivity index (χ1v) is 6.23. The molecule has 92 valence electrons. The van der Waals surface area contributed by atoms with Crippen LogP contribution in [0.5, 0.6) is 0 Å². The number of allylic oxidation sites excluding steroid dienone is 1. The lowest BCUT2D eigenvalue weighted by Crippen LogP contribution is -2.15. The van der Waals surface area contributed by atoms with Gasteiger partial charge in [0, 0.05) is 11.8 Å². The first-order valence-electron chi connectivity index (χ1n) is 6.23. The van der Waals surface area contributed by atoms with E-state index in [0.29, 0.717) is 12.5 Å². The molecule has 0 amide bonds. The zero-order valence-electron chi connectivity index (χ0n) is 10.4. The standard InChI is InChI=1S/C16H16O2/c1-11(2)14-13-10-18-15(17)16(13,14)9-8-12-6-4-3-5-7-12/h3-9,13-14H,1,10H2,2H3/b9-8+/t13-,14-,16+/m1/s1. The fourth-order valence-electron chi connectivity index (χ4n) is 3.13. The average molecular weight is 240 g/mol. The molecule has 18 heavy (non-hydrogen) atoms. The smallest absolute Gasteiger partial charge is 0.317 e. The summed E-state index contributed by atoms with van der Waals surface area (Å²) in [4.78, 5) is 12.0. The average Bonchev–Trinajstić information content (AvgIpc) is 2.94. The Balaban J connectivity index is 1.89. The van der Waals surface area contributed by atoms with Gasteiger partial charge in [0.2, 0.25) is 0 Å². The van der Waals surface area contributed by atoms with Crippen molar-refractivity contribution in [1.82, 2.24) is 0 Å². The molecule has 1 aliphatic heterocycles. The number of esters is 1. The number of cyclic esters (lactones) is 1. The van der Waals surface area contributed by atoms with Crippen molar-refractivity contribution in [1.29, 1.82) is 0 Å². The molecule has 0 bridgehead atoms. The largest absolute Gasteiger partial charge is 0.465 e. The van der Waals surface area contributed by atoms with E-state index >= 15 is 0 Å². The first-order chi connectivity index (χ1) is 8.66. The van der Waals surface area contributed by atoms with Crippen LogP contribution in [0.15, 0.2) is 48.6 Å². The van der Waals surface area contributed by atoms with Crippen LogP contribution in [0.4, 0.5) is 0 Å². The van der Waals surface area contributed by atoms with Crippen molar-refractivity contribution < 1.29 is 9.53 Å².